The second kappa shape index (κ2) is 5.38. The Morgan fingerprint density at radius 1 is 1.37 bits per heavy atom. The maximum absolute atomic E-state index is 13.0. The Balaban J connectivity index is 2.40. The zero-order valence-corrected chi connectivity index (χ0v) is 10.4. The van der Waals surface area contributed by atoms with Crippen molar-refractivity contribution in [2.45, 2.75) is 31.2 Å². The van der Waals surface area contributed by atoms with Gasteiger partial charge in [0.15, 0.2) is 0 Å². The fourth-order valence-corrected chi connectivity index (χ4v) is 2.19. The average molecular weight is 276 g/mol. The largest absolute Gasteiger partial charge is 0.497 e. The van der Waals surface area contributed by atoms with E-state index in [0.29, 0.717) is 12.2 Å². The van der Waals surface area contributed by atoms with Crippen LogP contribution < -0.4 is 4.74 Å². The topological polar surface area (TPSA) is 38.7 Å². The quantitative estimate of drug-likeness (QED) is 0.902. The van der Waals surface area contributed by atoms with Gasteiger partial charge in [-0.3, -0.25) is 0 Å². The SMILES string of the molecule is COc1ccc(C(F)(F)F)c(C2CC(O)CCO2)c1. The van der Waals surface area contributed by atoms with Gasteiger partial charge in [-0.2, -0.15) is 13.2 Å². The summed E-state index contributed by atoms with van der Waals surface area (Å²) in [5.41, 5.74) is -0.724. The predicted octanol–water partition coefficient (Wildman–Crippen LogP) is 2.93. The molecule has 0 radical (unpaired) electrons. The van der Waals surface area contributed by atoms with Gasteiger partial charge in [0.25, 0.3) is 0 Å². The van der Waals surface area contributed by atoms with Crippen LogP contribution in [0.5, 0.6) is 5.75 Å². The van der Waals surface area contributed by atoms with Crippen LogP contribution in [0.1, 0.15) is 30.1 Å². The van der Waals surface area contributed by atoms with E-state index in [1.807, 2.05) is 0 Å². The fraction of sp³-hybridized carbons (Fsp3) is 0.538. The van der Waals surface area contributed by atoms with Crippen LogP contribution >= 0.6 is 0 Å². The van der Waals surface area contributed by atoms with Gasteiger partial charge in [-0.1, -0.05) is 0 Å². The van der Waals surface area contributed by atoms with Crippen molar-refractivity contribution in [1.29, 1.82) is 0 Å². The molecule has 1 aliphatic rings. The van der Waals surface area contributed by atoms with Crippen LogP contribution in [-0.4, -0.2) is 24.9 Å². The summed E-state index contributed by atoms with van der Waals surface area (Å²) in [5.74, 6) is 0.340. The maximum Gasteiger partial charge on any atom is 0.416 e. The van der Waals surface area contributed by atoms with Gasteiger partial charge in [-0.25, -0.2) is 0 Å². The van der Waals surface area contributed by atoms with E-state index in [2.05, 4.69) is 0 Å². The van der Waals surface area contributed by atoms with Crippen molar-refractivity contribution in [3.05, 3.63) is 29.3 Å². The van der Waals surface area contributed by atoms with E-state index < -0.39 is 23.9 Å². The van der Waals surface area contributed by atoms with Crippen molar-refractivity contribution in [1.82, 2.24) is 0 Å². The molecule has 0 amide bonds. The number of aliphatic hydroxyl groups excluding tert-OH is 1. The summed E-state index contributed by atoms with van der Waals surface area (Å²) in [7, 11) is 1.39. The lowest BCUT2D eigenvalue weighted by Crippen LogP contribution is -2.25. The van der Waals surface area contributed by atoms with Crippen LogP contribution in [-0.2, 0) is 10.9 Å². The van der Waals surface area contributed by atoms with Crippen LogP contribution in [0.2, 0.25) is 0 Å². The van der Waals surface area contributed by atoms with Gasteiger partial charge in [-0.15, -0.1) is 0 Å². The maximum atomic E-state index is 13.0. The first-order valence-corrected chi connectivity index (χ1v) is 5.96. The molecule has 19 heavy (non-hydrogen) atoms. The van der Waals surface area contributed by atoms with Crippen molar-refractivity contribution in [3.63, 3.8) is 0 Å². The zero-order valence-electron chi connectivity index (χ0n) is 10.4. The molecule has 0 saturated carbocycles. The van der Waals surface area contributed by atoms with Gasteiger partial charge < -0.3 is 14.6 Å². The molecule has 1 aromatic carbocycles. The lowest BCUT2D eigenvalue weighted by atomic mass is 9.95. The third-order valence-corrected chi connectivity index (χ3v) is 3.17. The molecule has 6 heteroatoms. The molecule has 1 aromatic rings. The summed E-state index contributed by atoms with van der Waals surface area (Å²) < 4.78 is 49.2. The van der Waals surface area contributed by atoms with E-state index >= 15 is 0 Å². The summed E-state index contributed by atoms with van der Waals surface area (Å²) >= 11 is 0. The number of rotatable bonds is 2. The number of alkyl halides is 3. The number of aliphatic hydroxyl groups is 1. The minimum absolute atomic E-state index is 0.0191. The van der Waals surface area contributed by atoms with Gasteiger partial charge in [-0.05, 0) is 30.2 Å². The van der Waals surface area contributed by atoms with Crippen LogP contribution in [0.25, 0.3) is 0 Å². The van der Waals surface area contributed by atoms with Crippen LogP contribution in [0.3, 0.4) is 0 Å². The normalized spacial score (nSPS) is 24.3. The molecular weight excluding hydrogens is 261 g/mol. The molecular formula is C13H15F3O3. The van der Waals surface area contributed by atoms with Crippen molar-refractivity contribution in [3.8, 4) is 5.75 Å². The number of hydrogen-bond acceptors (Lipinski definition) is 3. The molecule has 1 fully saturated rings. The molecule has 0 bridgehead atoms. The average Bonchev–Trinajstić information content (AvgIpc) is 2.37. The molecule has 1 N–H and O–H groups in total. The van der Waals surface area contributed by atoms with Crippen LogP contribution in [0.15, 0.2) is 18.2 Å². The molecule has 2 rings (SSSR count). The van der Waals surface area contributed by atoms with E-state index in [0.717, 1.165) is 6.07 Å². The Kier molecular flexibility index (Phi) is 4.01. The van der Waals surface area contributed by atoms with Gasteiger partial charge in [0.05, 0.1) is 24.9 Å². The number of ether oxygens (including phenoxy) is 2. The van der Waals surface area contributed by atoms with Gasteiger partial charge in [0.1, 0.15) is 5.75 Å². The number of methoxy groups -OCH3 is 1. The molecule has 1 saturated heterocycles. The van der Waals surface area contributed by atoms with Gasteiger partial charge in [0, 0.05) is 13.0 Å². The van der Waals surface area contributed by atoms with Gasteiger partial charge in [0.2, 0.25) is 0 Å². The number of benzene rings is 1. The number of halogens is 3. The third-order valence-electron chi connectivity index (χ3n) is 3.17. The predicted molar refractivity (Wildman–Crippen MR) is 61.9 cm³/mol. The van der Waals surface area contributed by atoms with E-state index in [4.69, 9.17) is 9.47 Å². The van der Waals surface area contributed by atoms with Crippen molar-refractivity contribution < 1.29 is 27.8 Å². The highest BCUT2D eigenvalue weighted by molar-refractivity contribution is 5.39. The smallest absolute Gasteiger partial charge is 0.416 e. The lowest BCUT2D eigenvalue weighted by Gasteiger charge is -2.29. The van der Waals surface area contributed by atoms with E-state index in [9.17, 15) is 18.3 Å². The summed E-state index contributed by atoms with van der Waals surface area (Å²) in [6.45, 7) is 0.250. The van der Waals surface area contributed by atoms with E-state index in [-0.39, 0.29) is 18.6 Å². The standard InChI is InChI=1S/C13H15F3O3/c1-18-9-2-3-11(13(14,15)16)10(7-9)12-6-8(17)4-5-19-12/h2-3,7-8,12,17H,4-6H2,1H3. The monoisotopic (exact) mass is 276 g/mol. The van der Waals surface area contributed by atoms with E-state index in [1.165, 1.54) is 19.2 Å². The minimum Gasteiger partial charge on any atom is -0.497 e. The Bertz CT molecular complexity index is 445. The lowest BCUT2D eigenvalue weighted by molar-refractivity contribution is -0.140. The second-order valence-electron chi connectivity index (χ2n) is 4.49. The summed E-state index contributed by atoms with van der Waals surface area (Å²) in [4.78, 5) is 0. The molecule has 3 nitrogen and oxygen atoms in total. The Morgan fingerprint density at radius 2 is 2.11 bits per heavy atom. The molecule has 1 aliphatic heterocycles. The van der Waals surface area contributed by atoms with Gasteiger partial charge >= 0.3 is 6.18 Å². The minimum atomic E-state index is -4.45. The molecule has 0 aliphatic carbocycles. The molecule has 0 spiro atoms. The Morgan fingerprint density at radius 3 is 2.68 bits per heavy atom. The zero-order chi connectivity index (χ0) is 14.0. The Hall–Kier alpha value is -1.27. The summed E-state index contributed by atoms with van der Waals surface area (Å²) in [6.07, 6.45) is -5.23. The first kappa shape index (κ1) is 14.1. The van der Waals surface area contributed by atoms with Crippen molar-refractivity contribution >= 4 is 0 Å². The first-order valence-electron chi connectivity index (χ1n) is 5.96. The highest BCUT2D eigenvalue weighted by Gasteiger charge is 2.37. The summed E-state index contributed by atoms with van der Waals surface area (Å²) in [6, 6.07) is 3.58. The first-order chi connectivity index (χ1) is 8.91. The third kappa shape index (κ3) is 3.19. The highest BCUT2D eigenvalue weighted by Crippen LogP contribution is 2.40. The molecule has 0 aromatic heterocycles. The summed E-state index contributed by atoms with van der Waals surface area (Å²) in [5, 5.41) is 9.57. The molecule has 2 atom stereocenters. The van der Waals surface area contributed by atoms with Crippen LogP contribution in [0, 0.1) is 0 Å². The molecule has 106 valence electrons. The molecule has 2 unspecified atom stereocenters. The molecule has 1 heterocycles. The highest BCUT2D eigenvalue weighted by atomic mass is 19.4. The van der Waals surface area contributed by atoms with Crippen LogP contribution in [0.4, 0.5) is 13.2 Å². The second-order valence-corrected chi connectivity index (χ2v) is 4.49. The number of hydrogen-bond donors (Lipinski definition) is 1. The van der Waals surface area contributed by atoms with Crippen molar-refractivity contribution in [2.24, 2.45) is 0 Å². The van der Waals surface area contributed by atoms with Crippen molar-refractivity contribution in [2.75, 3.05) is 13.7 Å². The Labute approximate surface area is 108 Å². The fourth-order valence-electron chi connectivity index (χ4n) is 2.19. The van der Waals surface area contributed by atoms with E-state index in [1.54, 1.807) is 0 Å².